The number of methoxy groups -OCH3 is 2. The molecule has 1 saturated carbocycles. The van der Waals surface area contributed by atoms with E-state index in [0.717, 1.165) is 19.3 Å². The summed E-state index contributed by atoms with van der Waals surface area (Å²) in [5, 5.41) is 2.93. The van der Waals surface area contributed by atoms with Crippen molar-refractivity contribution >= 4 is 23.4 Å². The van der Waals surface area contributed by atoms with Crippen molar-refractivity contribution < 1.29 is 28.6 Å². The number of rotatable bonds is 5. The highest BCUT2D eigenvalue weighted by Gasteiger charge is 2.31. The van der Waals surface area contributed by atoms with Gasteiger partial charge in [-0.1, -0.05) is 13.3 Å². The molecule has 0 radical (unpaired) electrons. The molecule has 1 aromatic rings. The Morgan fingerprint density at radius 2 is 1.91 bits per heavy atom. The van der Waals surface area contributed by atoms with E-state index in [1.807, 2.05) is 13.8 Å². The maximum atomic E-state index is 13.4. The van der Waals surface area contributed by atoms with Crippen molar-refractivity contribution in [1.82, 2.24) is 9.80 Å². The molecule has 0 aromatic heterocycles. The van der Waals surface area contributed by atoms with Crippen molar-refractivity contribution in [1.29, 1.82) is 0 Å². The fraction of sp³-hybridized carbons (Fsp3) is 0.640. The molecule has 9 heteroatoms. The lowest BCUT2D eigenvalue weighted by molar-refractivity contribution is -0.139. The third-order valence-corrected chi connectivity index (χ3v) is 6.78. The molecule has 1 fully saturated rings. The molecule has 0 bridgehead atoms. The van der Waals surface area contributed by atoms with E-state index in [-0.39, 0.29) is 54.9 Å². The van der Waals surface area contributed by atoms with Crippen LogP contribution in [0, 0.1) is 11.8 Å². The van der Waals surface area contributed by atoms with Crippen LogP contribution in [0.3, 0.4) is 0 Å². The van der Waals surface area contributed by atoms with Crippen LogP contribution in [0.2, 0.25) is 0 Å². The lowest BCUT2D eigenvalue weighted by Gasteiger charge is -2.36. The van der Waals surface area contributed by atoms with Gasteiger partial charge in [0.25, 0.3) is 5.91 Å². The fourth-order valence-corrected chi connectivity index (χ4v) is 4.32. The number of hydrogen-bond acceptors (Lipinski definition) is 6. The SMILES string of the molecule is COCC(=O)N1C[C@H](C)[C@@H](OC)CN(C)C(=O)c2cc(NC(=O)C3CCC3)ccc2OC[C@@H]1C. The molecule has 1 aliphatic heterocycles. The number of nitrogens with one attached hydrogen (secondary N) is 1. The Morgan fingerprint density at radius 3 is 2.53 bits per heavy atom. The molecule has 0 spiro atoms. The van der Waals surface area contributed by atoms with Crippen molar-refractivity contribution in [2.24, 2.45) is 11.8 Å². The molecule has 3 rings (SSSR count). The first-order chi connectivity index (χ1) is 16.2. The number of ether oxygens (including phenoxy) is 3. The standard InChI is InChI=1S/C25H37N3O6/c1-16-12-28(23(29)15-32-4)17(2)14-34-21-10-9-19(26-24(30)18-7-6-8-18)11-20(21)25(31)27(3)13-22(16)33-5/h9-11,16-18,22H,6-8,12-15H2,1-5H3,(H,26,30)/t16-,17-,22-/m0/s1. The second-order valence-corrected chi connectivity index (χ2v) is 9.40. The lowest BCUT2D eigenvalue weighted by atomic mass is 9.85. The van der Waals surface area contributed by atoms with Crippen molar-refractivity contribution in [3.8, 4) is 5.75 Å². The first-order valence-electron chi connectivity index (χ1n) is 11.9. The zero-order chi connectivity index (χ0) is 24.8. The Labute approximate surface area is 201 Å². The highest BCUT2D eigenvalue weighted by atomic mass is 16.5. The number of likely N-dealkylation sites (N-methyl/N-ethyl adjacent to an activating group) is 1. The Hall–Kier alpha value is -2.65. The second-order valence-electron chi connectivity index (χ2n) is 9.40. The average Bonchev–Trinajstić information content (AvgIpc) is 2.77. The zero-order valence-corrected chi connectivity index (χ0v) is 20.8. The van der Waals surface area contributed by atoms with Crippen LogP contribution in [0.5, 0.6) is 5.75 Å². The number of anilines is 1. The van der Waals surface area contributed by atoms with Crippen molar-refractivity contribution in [3.05, 3.63) is 23.8 Å². The van der Waals surface area contributed by atoms with Gasteiger partial charge in [0.05, 0.1) is 17.7 Å². The van der Waals surface area contributed by atoms with E-state index in [0.29, 0.717) is 30.1 Å². The molecular weight excluding hydrogens is 438 g/mol. The molecule has 1 aliphatic carbocycles. The summed E-state index contributed by atoms with van der Waals surface area (Å²) in [6.45, 7) is 4.89. The van der Waals surface area contributed by atoms with Crippen LogP contribution in [0.25, 0.3) is 0 Å². The Balaban J connectivity index is 1.91. The van der Waals surface area contributed by atoms with Gasteiger partial charge in [0.15, 0.2) is 0 Å². The van der Waals surface area contributed by atoms with Crippen LogP contribution in [-0.2, 0) is 19.1 Å². The van der Waals surface area contributed by atoms with Crippen molar-refractivity contribution in [2.45, 2.75) is 45.3 Å². The summed E-state index contributed by atoms with van der Waals surface area (Å²) in [6.07, 6.45) is 2.59. The number of benzene rings is 1. The van der Waals surface area contributed by atoms with Crippen molar-refractivity contribution in [2.75, 3.05) is 52.9 Å². The molecule has 1 aromatic carbocycles. The Morgan fingerprint density at radius 1 is 1.18 bits per heavy atom. The van der Waals surface area contributed by atoms with E-state index in [9.17, 15) is 14.4 Å². The second kappa shape index (κ2) is 11.7. The van der Waals surface area contributed by atoms with Gasteiger partial charge >= 0.3 is 0 Å². The normalized spacial score (nSPS) is 24.3. The van der Waals surface area contributed by atoms with Crippen molar-refractivity contribution in [3.63, 3.8) is 0 Å². The summed E-state index contributed by atoms with van der Waals surface area (Å²) in [5.41, 5.74) is 0.925. The van der Waals surface area contributed by atoms with Gasteiger partial charge in [-0.25, -0.2) is 0 Å². The highest BCUT2D eigenvalue weighted by molar-refractivity contribution is 6.00. The smallest absolute Gasteiger partial charge is 0.257 e. The van der Waals surface area contributed by atoms with Crippen LogP contribution in [0.4, 0.5) is 5.69 Å². The van der Waals surface area contributed by atoms with Crippen LogP contribution < -0.4 is 10.1 Å². The summed E-state index contributed by atoms with van der Waals surface area (Å²) >= 11 is 0. The minimum absolute atomic E-state index is 0.0183. The van der Waals surface area contributed by atoms with Gasteiger partial charge in [-0.2, -0.15) is 0 Å². The number of nitrogens with zero attached hydrogens (tertiary/aromatic N) is 2. The number of fused-ring (bicyclic) bond motifs is 1. The van der Waals surface area contributed by atoms with Crippen LogP contribution >= 0.6 is 0 Å². The van der Waals surface area contributed by atoms with Gasteiger partial charge in [0.1, 0.15) is 19.0 Å². The molecule has 3 atom stereocenters. The first kappa shape index (κ1) is 26.0. The molecule has 1 N–H and O–H groups in total. The number of carbonyl (C=O) groups excluding carboxylic acids is 3. The topological polar surface area (TPSA) is 97.4 Å². The third kappa shape index (κ3) is 6.07. The summed E-state index contributed by atoms with van der Waals surface area (Å²) < 4.78 is 16.8. The Kier molecular flexibility index (Phi) is 8.90. The fourth-order valence-electron chi connectivity index (χ4n) is 4.32. The lowest BCUT2D eigenvalue weighted by Crippen LogP contribution is -2.49. The summed E-state index contributed by atoms with van der Waals surface area (Å²) in [4.78, 5) is 41.9. The van der Waals surface area contributed by atoms with Crippen LogP contribution in [0.1, 0.15) is 43.5 Å². The van der Waals surface area contributed by atoms with Gasteiger partial charge in [0, 0.05) is 51.9 Å². The van der Waals surface area contributed by atoms with Gasteiger partial charge < -0.3 is 29.3 Å². The zero-order valence-electron chi connectivity index (χ0n) is 20.8. The molecular formula is C25H37N3O6. The molecule has 3 amide bonds. The van der Waals surface area contributed by atoms with E-state index in [4.69, 9.17) is 14.2 Å². The highest BCUT2D eigenvalue weighted by Crippen LogP contribution is 2.30. The quantitative estimate of drug-likeness (QED) is 0.703. The van der Waals surface area contributed by atoms with Gasteiger partial charge in [-0.15, -0.1) is 0 Å². The molecule has 2 aliphatic rings. The van der Waals surface area contributed by atoms with Gasteiger partial charge in [0.2, 0.25) is 11.8 Å². The average molecular weight is 476 g/mol. The number of carbonyl (C=O) groups is 3. The number of amides is 3. The number of hydrogen-bond donors (Lipinski definition) is 1. The van der Waals surface area contributed by atoms with E-state index in [1.54, 1.807) is 42.2 Å². The largest absolute Gasteiger partial charge is 0.491 e. The molecule has 0 unspecified atom stereocenters. The molecule has 1 heterocycles. The summed E-state index contributed by atoms with van der Waals surface area (Å²) in [7, 11) is 4.82. The minimum Gasteiger partial charge on any atom is -0.491 e. The monoisotopic (exact) mass is 475 g/mol. The van der Waals surface area contributed by atoms with E-state index >= 15 is 0 Å². The molecule has 188 valence electrons. The molecule has 34 heavy (non-hydrogen) atoms. The maximum Gasteiger partial charge on any atom is 0.257 e. The van der Waals surface area contributed by atoms with Crippen LogP contribution in [0.15, 0.2) is 18.2 Å². The maximum absolute atomic E-state index is 13.4. The summed E-state index contributed by atoms with van der Waals surface area (Å²) in [5.74, 6) is 0.0504. The third-order valence-electron chi connectivity index (χ3n) is 6.78. The predicted molar refractivity (Wildman–Crippen MR) is 128 cm³/mol. The predicted octanol–water partition coefficient (Wildman–Crippen LogP) is 2.40. The first-order valence-corrected chi connectivity index (χ1v) is 11.9. The van der Waals surface area contributed by atoms with E-state index < -0.39 is 0 Å². The van der Waals surface area contributed by atoms with Gasteiger partial charge in [-0.3, -0.25) is 14.4 Å². The van der Waals surface area contributed by atoms with E-state index in [1.165, 1.54) is 7.11 Å². The Bertz CT molecular complexity index is 887. The summed E-state index contributed by atoms with van der Waals surface area (Å²) in [6, 6.07) is 4.86. The van der Waals surface area contributed by atoms with E-state index in [2.05, 4.69) is 5.32 Å². The van der Waals surface area contributed by atoms with Crippen LogP contribution in [-0.4, -0.2) is 87.2 Å². The minimum atomic E-state index is -0.274. The molecule has 0 saturated heterocycles. The molecule has 9 nitrogen and oxygen atoms in total. The van der Waals surface area contributed by atoms with Gasteiger partial charge in [-0.05, 0) is 38.0 Å².